The number of pyridine rings is 1. The smallest absolute Gasteiger partial charge is 0.286 e. The molecule has 100 valence electrons. The first-order valence-electron chi connectivity index (χ1n) is 5.80. The van der Waals surface area contributed by atoms with E-state index in [1.165, 1.54) is 0 Å². The molecule has 7 heteroatoms. The Hall–Kier alpha value is -2.05. The molecule has 0 aliphatic carbocycles. The lowest BCUT2D eigenvalue weighted by Gasteiger charge is -2.08. The Balaban J connectivity index is 2.00. The molecular weight excluding hydrogens is 296 g/mol. The number of rotatable bonds is 2. The van der Waals surface area contributed by atoms with E-state index in [-0.39, 0.29) is 15.4 Å². The van der Waals surface area contributed by atoms with Gasteiger partial charge in [0, 0.05) is 11.1 Å². The lowest BCUT2D eigenvalue weighted by molar-refractivity contribution is 0.102. The van der Waals surface area contributed by atoms with Crippen molar-refractivity contribution in [3.05, 3.63) is 45.5 Å². The van der Waals surface area contributed by atoms with E-state index in [4.69, 9.17) is 11.6 Å². The van der Waals surface area contributed by atoms with E-state index in [1.807, 2.05) is 37.3 Å². The number of nitrogens with zero attached hydrogens (tertiary/aromatic N) is 3. The summed E-state index contributed by atoms with van der Waals surface area (Å²) in [4.78, 5) is 16.5. The highest BCUT2D eigenvalue weighted by molar-refractivity contribution is 7.17. The summed E-state index contributed by atoms with van der Waals surface area (Å²) in [5.41, 5.74) is 2.36. The SMILES string of the molecule is Cc1cc(NC(=O)c2nnc(Cl)s2)c2ccccc2n1. The van der Waals surface area contributed by atoms with Gasteiger partial charge in [-0.1, -0.05) is 29.5 Å². The highest BCUT2D eigenvalue weighted by atomic mass is 35.5. The molecule has 0 spiro atoms. The van der Waals surface area contributed by atoms with Crippen LogP contribution in [0.3, 0.4) is 0 Å². The Morgan fingerprint density at radius 3 is 2.85 bits per heavy atom. The molecule has 0 fully saturated rings. The van der Waals surface area contributed by atoms with Crippen molar-refractivity contribution in [3.63, 3.8) is 0 Å². The van der Waals surface area contributed by atoms with Gasteiger partial charge in [0.05, 0.1) is 11.2 Å². The molecule has 0 atom stereocenters. The van der Waals surface area contributed by atoms with Crippen molar-refractivity contribution >= 4 is 45.4 Å². The highest BCUT2D eigenvalue weighted by Crippen LogP contribution is 2.24. The summed E-state index contributed by atoms with van der Waals surface area (Å²) in [6, 6.07) is 9.44. The molecule has 0 aliphatic heterocycles. The highest BCUT2D eigenvalue weighted by Gasteiger charge is 2.14. The number of nitrogens with one attached hydrogen (secondary N) is 1. The van der Waals surface area contributed by atoms with Crippen molar-refractivity contribution in [3.8, 4) is 0 Å². The zero-order valence-corrected chi connectivity index (χ0v) is 12.0. The first kappa shape index (κ1) is 13.0. The second-order valence-corrected chi connectivity index (χ2v) is 5.70. The van der Waals surface area contributed by atoms with Gasteiger partial charge in [-0.3, -0.25) is 9.78 Å². The fraction of sp³-hybridized carbons (Fsp3) is 0.0769. The van der Waals surface area contributed by atoms with E-state index in [1.54, 1.807) is 0 Å². The minimum absolute atomic E-state index is 0.230. The third kappa shape index (κ3) is 2.48. The fourth-order valence-corrected chi connectivity index (χ4v) is 2.61. The Morgan fingerprint density at radius 1 is 1.30 bits per heavy atom. The number of hydrogen-bond acceptors (Lipinski definition) is 5. The van der Waals surface area contributed by atoms with Gasteiger partial charge < -0.3 is 5.32 Å². The molecule has 20 heavy (non-hydrogen) atoms. The summed E-state index contributed by atoms with van der Waals surface area (Å²) in [6.07, 6.45) is 0. The number of carbonyl (C=O) groups excluding carboxylic acids is 1. The summed E-state index contributed by atoms with van der Waals surface area (Å²) in [5, 5.41) is 11.3. The first-order valence-corrected chi connectivity index (χ1v) is 6.99. The van der Waals surface area contributed by atoms with Crippen molar-refractivity contribution in [1.29, 1.82) is 0 Å². The molecule has 0 saturated heterocycles. The van der Waals surface area contributed by atoms with Gasteiger partial charge in [0.25, 0.3) is 5.91 Å². The third-order valence-electron chi connectivity index (χ3n) is 2.69. The molecule has 2 aromatic heterocycles. The van der Waals surface area contributed by atoms with Gasteiger partial charge in [0.2, 0.25) is 9.47 Å². The molecule has 0 bridgehead atoms. The molecule has 0 saturated carbocycles. The van der Waals surface area contributed by atoms with Crippen LogP contribution in [-0.4, -0.2) is 21.1 Å². The van der Waals surface area contributed by atoms with Crippen LogP contribution in [0.4, 0.5) is 5.69 Å². The Morgan fingerprint density at radius 2 is 2.10 bits per heavy atom. The van der Waals surface area contributed by atoms with Gasteiger partial charge in [0.15, 0.2) is 0 Å². The van der Waals surface area contributed by atoms with E-state index in [9.17, 15) is 4.79 Å². The van der Waals surface area contributed by atoms with E-state index >= 15 is 0 Å². The van der Waals surface area contributed by atoms with Gasteiger partial charge >= 0.3 is 0 Å². The second kappa shape index (κ2) is 5.15. The second-order valence-electron chi connectivity index (χ2n) is 4.14. The molecular formula is C13H9ClN4OS. The van der Waals surface area contributed by atoms with Crippen LogP contribution < -0.4 is 5.32 Å². The molecule has 1 amide bonds. The molecule has 5 nitrogen and oxygen atoms in total. The number of halogens is 1. The number of aromatic nitrogens is 3. The average molecular weight is 305 g/mol. The van der Waals surface area contributed by atoms with Gasteiger partial charge in [-0.05, 0) is 30.7 Å². The number of fused-ring (bicyclic) bond motifs is 1. The van der Waals surface area contributed by atoms with E-state index in [0.717, 1.165) is 27.9 Å². The number of hydrogen-bond donors (Lipinski definition) is 1. The van der Waals surface area contributed by atoms with Crippen molar-refractivity contribution in [1.82, 2.24) is 15.2 Å². The zero-order chi connectivity index (χ0) is 14.1. The van der Waals surface area contributed by atoms with E-state index in [0.29, 0.717) is 5.69 Å². The molecule has 0 aliphatic rings. The largest absolute Gasteiger partial charge is 0.319 e. The predicted octanol–water partition coefficient (Wildman–Crippen LogP) is 3.30. The molecule has 3 aromatic rings. The number of anilines is 1. The lowest BCUT2D eigenvalue weighted by Crippen LogP contribution is -2.12. The van der Waals surface area contributed by atoms with Gasteiger partial charge in [-0.25, -0.2) is 0 Å². The maximum atomic E-state index is 12.1. The molecule has 2 heterocycles. The number of amides is 1. The van der Waals surface area contributed by atoms with Crippen molar-refractivity contribution < 1.29 is 4.79 Å². The summed E-state index contributed by atoms with van der Waals surface area (Å²) >= 11 is 6.72. The minimum atomic E-state index is -0.329. The van der Waals surface area contributed by atoms with E-state index in [2.05, 4.69) is 20.5 Å². The monoisotopic (exact) mass is 304 g/mol. The van der Waals surface area contributed by atoms with Crippen molar-refractivity contribution in [2.75, 3.05) is 5.32 Å². The number of benzene rings is 1. The quantitative estimate of drug-likeness (QED) is 0.788. The van der Waals surface area contributed by atoms with Crippen molar-refractivity contribution in [2.24, 2.45) is 0 Å². The lowest BCUT2D eigenvalue weighted by atomic mass is 10.1. The summed E-state index contributed by atoms with van der Waals surface area (Å²) in [6.45, 7) is 1.88. The van der Waals surface area contributed by atoms with Crippen LogP contribution in [0.25, 0.3) is 10.9 Å². The molecule has 0 radical (unpaired) electrons. The normalized spacial score (nSPS) is 10.7. The fourth-order valence-electron chi connectivity index (χ4n) is 1.88. The number of para-hydroxylation sites is 1. The molecule has 1 N–H and O–H groups in total. The summed E-state index contributed by atoms with van der Waals surface area (Å²) < 4.78 is 0.242. The topological polar surface area (TPSA) is 67.8 Å². The summed E-state index contributed by atoms with van der Waals surface area (Å²) in [7, 11) is 0. The average Bonchev–Trinajstić information content (AvgIpc) is 2.85. The standard InChI is InChI=1S/C13H9ClN4OS/c1-7-6-10(8-4-2-3-5-9(8)15-7)16-11(19)12-17-18-13(14)20-12/h2-6H,1H3,(H,15,16,19). The van der Waals surface area contributed by atoms with Crippen LogP contribution >= 0.6 is 22.9 Å². The van der Waals surface area contributed by atoms with Gasteiger partial charge in [0.1, 0.15) is 0 Å². The number of aryl methyl sites for hydroxylation is 1. The van der Waals surface area contributed by atoms with Gasteiger partial charge in [-0.2, -0.15) is 0 Å². The van der Waals surface area contributed by atoms with Gasteiger partial charge in [-0.15, -0.1) is 10.2 Å². The maximum Gasteiger partial charge on any atom is 0.286 e. The third-order valence-corrected chi connectivity index (χ3v) is 3.70. The van der Waals surface area contributed by atoms with E-state index < -0.39 is 0 Å². The minimum Gasteiger partial charge on any atom is -0.319 e. The van der Waals surface area contributed by atoms with Crippen LogP contribution in [-0.2, 0) is 0 Å². The van der Waals surface area contributed by atoms with Crippen LogP contribution in [0.15, 0.2) is 30.3 Å². The van der Waals surface area contributed by atoms with Crippen molar-refractivity contribution in [2.45, 2.75) is 6.92 Å². The van der Waals surface area contributed by atoms with Crippen LogP contribution in [0.2, 0.25) is 4.47 Å². The maximum absolute atomic E-state index is 12.1. The predicted molar refractivity (Wildman–Crippen MR) is 79.4 cm³/mol. The molecule has 3 rings (SSSR count). The Labute approximate surface area is 123 Å². The zero-order valence-electron chi connectivity index (χ0n) is 10.4. The summed E-state index contributed by atoms with van der Waals surface area (Å²) in [5.74, 6) is -0.329. The van der Waals surface area contributed by atoms with Crippen LogP contribution in [0.5, 0.6) is 0 Å². The molecule has 0 unspecified atom stereocenters. The number of carbonyl (C=O) groups is 1. The van der Waals surface area contributed by atoms with Crippen LogP contribution in [0, 0.1) is 6.92 Å². The Kier molecular flexibility index (Phi) is 3.33. The van der Waals surface area contributed by atoms with Crippen LogP contribution in [0.1, 0.15) is 15.5 Å². The first-order chi connectivity index (χ1) is 9.63. The molecule has 1 aromatic carbocycles. The Bertz CT molecular complexity index is 802.